The molecule has 3 amide bonds. The third-order valence-electron chi connectivity index (χ3n) is 4.19. The summed E-state index contributed by atoms with van der Waals surface area (Å²) in [5, 5.41) is 10.8. The largest absolute Gasteiger partial charge is 0.443 e. The van der Waals surface area contributed by atoms with E-state index in [1.165, 1.54) is 0 Å². The van der Waals surface area contributed by atoms with Crippen LogP contribution in [0.3, 0.4) is 0 Å². The predicted octanol–water partition coefficient (Wildman–Crippen LogP) is 1.81. The number of imide groups is 1. The maximum atomic E-state index is 12.6. The van der Waals surface area contributed by atoms with Gasteiger partial charge in [-0.3, -0.25) is 9.69 Å². The Labute approximate surface area is 151 Å². The smallest absolute Gasteiger partial charge is 0.325 e. The Hall–Kier alpha value is -2.71. The quantitative estimate of drug-likeness (QED) is 0.815. The van der Waals surface area contributed by atoms with E-state index < -0.39 is 12.1 Å². The van der Waals surface area contributed by atoms with Crippen molar-refractivity contribution < 1.29 is 14.0 Å². The lowest BCUT2D eigenvalue weighted by atomic mass is 9.94. The maximum Gasteiger partial charge on any atom is 0.325 e. The molecule has 0 aromatic carbocycles. The number of amides is 3. The van der Waals surface area contributed by atoms with Crippen molar-refractivity contribution in [1.29, 1.82) is 0 Å². The first-order valence-electron chi connectivity index (χ1n) is 8.63. The highest BCUT2D eigenvalue weighted by Crippen LogP contribution is 2.24. The van der Waals surface area contributed by atoms with Crippen LogP contribution in [-0.2, 0) is 23.2 Å². The summed E-state index contributed by atoms with van der Waals surface area (Å²) in [7, 11) is 0. The third kappa shape index (κ3) is 3.61. The number of nitrogens with zero attached hydrogens (tertiary/aromatic N) is 5. The van der Waals surface area contributed by atoms with E-state index in [-0.39, 0.29) is 23.9 Å². The molecule has 1 fully saturated rings. The van der Waals surface area contributed by atoms with E-state index in [0.717, 1.165) is 4.90 Å². The zero-order valence-electron chi connectivity index (χ0n) is 15.7. The van der Waals surface area contributed by atoms with Gasteiger partial charge in [0.05, 0.1) is 11.9 Å². The normalized spacial score (nSPS) is 18.1. The Balaban J connectivity index is 1.67. The molecule has 0 bridgehead atoms. The van der Waals surface area contributed by atoms with Crippen molar-refractivity contribution in [1.82, 2.24) is 30.2 Å². The molecule has 1 aliphatic rings. The van der Waals surface area contributed by atoms with Gasteiger partial charge < -0.3 is 9.73 Å². The summed E-state index contributed by atoms with van der Waals surface area (Å²) >= 11 is 0. The van der Waals surface area contributed by atoms with Crippen molar-refractivity contribution in [3.63, 3.8) is 0 Å². The van der Waals surface area contributed by atoms with Gasteiger partial charge in [-0.25, -0.2) is 14.5 Å². The number of hydrogen-bond donors (Lipinski definition) is 1. The Bertz CT molecular complexity index is 817. The zero-order chi connectivity index (χ0) is 19.1. The minimum absolute atomic E-state index is 0.00985. The second-order valence-corrected chi connectivity index (χ2v) is 7.78. The van der Waals surface area contributed by atoms with Crippen LogP contribution in [0.1, 0.15) is 58.0 Å². The summed E-state index contributed by atoms with van der Waals surface area (Å²) in [6, 6.07) is -0.924. The van der Waals surface area contributed by atoms with Crippen LogP contribution in [0.2, 0.25) is 0 Å². The molecule has 9 nitrogen and oxygen atoms in total. The summed E-state index contributed by atoms with van der Waals surface area (Å²) in [6.45, 7) is 10.0. The molecular weight excluding hydrogens is 336 g/mol. The molecule has 26 heavy (non-hydrogen) atoms. The highest BCUT2D eigenvalue weighted by molar-refractivity contribution is 6.04. The van der Waals surface area contributed by atoms with Gasteiger partial charge in [-0.1, -0.05) is 26.0 Å². The van der Waals surface area contributed by atoms with Crippen LogP contribution >= 0.6 is 0 Å². The van der Waals surface area contributed by atoms with Crippen molar-refractivity contribution in [2.75, 3.05) is 0 Å². The number of rotatable bonds is 5. The second kappa shape index (κ2) is 6.54. The van der Waals surface area contributed by atoms with E-state index in [0.29, 0.717) is 23.8 Å². The molecule has 3 rings (SSSR count). The SMILES string of the molecule is CC(C)n1cc(CC2NC(=O)N(Cc3ncc(C(C)(C)C)o3)C2=O)nn1. The lowest BCUT2D eigenvalue weighted by molar-refractivity contribution is -0.128. The fraction of sp³-hybridized carbons (Fsp3) is 0.588. The van der Waals surface area contributed by atoms with Gasteiger partial charge in [0.1, 0.15) is 18.3 Å². The first-order chi connectivity index (χ1) is 12.1. The van der Waals surface area contributed by atoms with Gasteiger partial charge in [0, 0.05) is 24.1 Å². The fourth-order valence-electron chi connectivity index (χ4n) is 2.60. The molecule has 0 radical (unpaired) electrons. The van der Waals surface area contributed by atoms with E-state index in [2.05, 4.69) is 20.6 Å². The molecule has 9 heteroatoms. The number of carbonyl (C=O) groups is 2. The minimum Gasteiger partial charge on any atom is -0.443 e. The molecule has 0 saturated carbocycles. The molecule has 1 saturated heterocycles. The number of nitrogens with one attached hydrogen (secondary N) is 1. The van der Waals surface area contributed by atoms with Gasteiger partial charge in [0.25, 0.3) is 5.91 Å². The predicted molar refractivity (Wildman–Crippen MR) is 92.2 cm³/mol. The number of carbonyl (C=O) groups excluding carboxylic acids is 2. The lowest BCUT2D eigenvalue weighted by Crippen LogP contribution is -2.32. The van der Waals surface area contributed by atoms with Crippen LogP contribution < -0.4 is 5.32 Å². The molecule has 1 aliphatic heterocycles. The van der Waals surface area contributed by atoms with E-state index in [9.17, 15) is 9.59 Å². The average Bonchev–Trinajstić information content (AvgIpc) is 3.24. The zero-order valence-corrected chi connectivity index (χ0v) is 15.7. The lowest BCUT2D eigenvalue weighted by Gasteiger charge is -2.14. The minimum atomic E-state index is -0.656. The number of aromatic nitrogens is 4. The van der Waals surface area contributed by atoms with Gasteiger partial charge >= 0.3 is 6.03 Å². The molecule has 2 aromatic heterocycles. The van der Waals surface area contributed by atoms with Crippen molar-refractivity contribution >= 4 is 11.9 Å². The van der Waals surface area contributed by atoms with Crippen molar-refractivity contribution in [3.05, 3.63) is 29.7 Å². The summed E-state index contributed by atoms with van der Waals surface area (Å²) in [5.74, 6) is 0.732. The number of hydrogen-bond acceptors (Lipinski definition) is 6. The monoisotopic (exact) mass is 360 g/mol. The van der Waals surface area contributed by atoms with Crippen molar-refractivity contribution in [2.45, 2.75) is 65.1 Å². The van der Waals surface area contributed by atoms with Crippen LogP contribution in [0.4, 0.5) is 4.79 Å². The third-order valence-corrected chi connectivity index (χ3v) is 4.19. The standard InChI is InChI=1S/C17H24N6O3/c1-10(2)23-8-11(20-21-23)6-12-15(24)22(16(25)19-12)9-14-18-7-13(26-14)17(3,4)5/h7-8,10,12H,6,9H2,1-5H3,(H,19,25). The van der Waals surface area contributed by atoms with Gasteiger partial charge in [-0.05, 0) is 13.8 Å². The van der Waals surface area contributed by atoms with Gasteiger partial charge in [-0.15, -0.1) is 5.10 Å². The highest BCUT2D eigenvalue weighted by Gasteiger charge is 2.39. The molecule has 3 heterocycles. The first-order valence-corrected chi connectivity index (χ1v) is 8.63. The second-order valence-electron chi connectivity index (χ2n) is 7.78. The Morgan fingerprint density at radius 1 is 1.31 bits per heavy atom. The Kier molecular flexibility index (Phi) is 4.55. The van der Waals surface area contributed by atoms with Gasteiger partial charge in [-0.2, -0.15) is 0 Å². The Morgan fingerprint density at radius 3 is 2.62 bits per heavy atom. The highest BCUT2D eigenvalue weighted by atomic mass is 16.4. The van der Waals surface area contributed by atoms with Crippen LogP contribution in [-0.4, -0.2) is 42.9 Å². The maximum absolute atomic E-state index is 12.6. The molecular formula is C17H24N6O3. The van der Waals surface area contributed by atoms with E-state index in [1.807, 2.05) is 34.6 Å². The van der Waals surface area contributed by atoms with E-state index in [1.54, 1.807) is 17.1 Å². The summed E-state index contributed by atoms with van der Waals surface area (Å²) in [6.07, 6.45) is 3.72. The molecule has 0 aliphatic carbocycles. The molecule has 2 aromatic rings. The fourth-order valence-corrected chi connectivity index (χ4v) is 2.60. The van der Waals surface area contributed by atoms with Crippen LogP contribution in [0, 0.1) is 0 Å². The first kappa shape index (κ1) is 18.1. The molecule has 1 atom stereocenters. The summed E-state index contributed by atoms with van der Waals surface area (Å²) in [4.78, 5) is 30.1. The summed E-state index contributed by atoms with van der Waals surface area (Å²) in [5.41, 5.74) is 0.471. The molecule has 1 N–H and O–H groups in total. The van der Waals surface area contributed by atoms with Crippen LogP contribution in [0.15, 0.2) is 16.8 Å². The van der Waals surface area contributed by atoms with Crippen LogP contribution in [0.25, 0.3) is 0 Å². The van der Waals surface area contributed by atoms with Crippen LogP contribution in [0.5, 0.6) is 0 Å². The molecule has 140 valence electrons. The van der Waals surface area contributed by atoms with E-state index >= 15 is 0 Å². The van der Waals surface area contributed by atoms with Crippen molar-refractivity contribution in [2.24, 2.45) is 0 Å². The number of oxazole rings is 1. The van der Waals surface area contributed by atoms with E-state index in [4.69, 9.17) is 4.42 Å². The number of urea groups is 1. The molecule has 1 unspecified atom stereocenters. The molecule has 0 spiro atoms. The van der Waals surface area contributed by atoms with Crippen molar-refractivity contribution in [3.8, 4) is 0 Å². The summed E-state index contributed by atoms with van der Waals surface area (Å²) < 4.78 is 7.40. The average molecular weight is 360 g/mol. The topological polar surface area (TPSA) is 106 Å². The Morgan fingerprint density at radius 2 is 2.04 bits per heavy atom. The van der Waals surface area contributed by atoms with Gasteiger partial charge in [0.2, 0.25) is 5.89 Å². The van der Waals surface area contributed by atoms with Gasteiger partial charge in [0.15, 0.2) is 0 Å².